The van der Waals surface area contributed by atoms with Crippen molar-refractivity contribution in [3.63, 3.8) is 0 Å². The fourth-order valence-electron chi connectivity index (χ4n) is 1.86. The Balaban J connectivity index is 2.49. The Labute approximate surface area is 107 Å². The molecule has 2 rings (SSSR count). The van der Waals surface area contributed by atoms with E-state index in [0.717, 1.165) is 6.42 Å². The molecule has 0 radical (unpaired) electrons. The number of aromatic nitrogens is 2. The van der Waals surface area contributed by atoms with E-state index in [1.807, 2.05) is 6.92 Å². The molecule has 2 aromatic rings. The monoisotopic (exact) mass is 270 g/mol. The van der Waals surface area contributed by atoms with E-state index in [0.29, 0.717) is 23.9 Å². The van der Waals surface area contributed by atoms with Gasteiger partial charge < -0.3 is 20.1 Å². The SMILES string of the molecule is CCCN(CCO)c1nc2sccn2c1[N+](=O)[O-]. The van der Waals surface area contributed by atoms with Gasteiger partial charge in [-0.15, -0.1) is 0 Å². The highest BCUT2D eigenvalue weighted by molar-refractivity contribution is 7.15. The van der Waals surface area contributed by atoms with Gasteiger partial charge in [0.1, 0.15) is 6.20 Å². The van der Waals surface area contributed by atoms with Gasteiger partial charge in [-0.25, -0.2) is 0 Å². The second-order valence-corrected chi connectivity index (χ2v) is 4.66. The summed E-state index contributed by atoms with van der Waals surface area (Å²) in [6.45, 7) is 2.91. The summed E-state index contributed by atoms with van der Waals surface area (Å²) >= 11 is 1.35. The summed E-state index contributed by atoms with van der Waals surface area (Å²) in [7, 11) is 0. The molecule has 7 nitrogen and oxygen atoms in total. The van der Waals surface area contributed by atoms with Crippen LogP contribution >= 0.6 is 11.3 Å². The first-order valence-corrected chi connectivity index (χ1v) is 6.52. The maximum Gasteiger partial charge on any atom is 0.373 e. The lowest BCUT2D eigenvalue weighted by Gasteiger charge is -2.19. The van der Waals surface area contributed by atoms with E-state index in [1.165, 1.54) is 15.7 Å². The van der Waals surface area contributed by atoms with Crippen molar-refractivity contribution in [1.29, 1.82) is 0 Å². The number of nitrogens with zero attached hydrogens (tertiary/aromatic N) is 4. The van der Waals surface area contributed by atoms with Crippen molar-refractivity contribution in [2.75, 3.05) is 24.6 Å². The summed E-state index contributed by atoms with van der Waals surface area (Å²) < 4.78 is 1.47. The number of anilines is 1. The number of aliphatic hydroxyl groups excluding tert-OH is 1. The van der Waals surface area contributed by atoms with Gasteiger partial charge in [-0.1, -0.05) is 18.3 Å². The number of hydrogen-bond acceptors (Lipinski definition) is 6. The standard InChI is InChI=1S/C10H14N4O3S/c1-2-3-12(4-6-15)8-9(14(16)17)13-5-7-18-10(13)11-8/h5,7,15H,2-4,6H2,1H3. The minimum atomic E-state index is -0.428. The molecule has 2 aromatic heterocycles. The largest absolute Gasteiger partial charge is 0.395 e. The summed E-state index contributed by atoms with van der Waals surface area (Å²) in [5.41, 5.74) is 0. The van der Waals surface area contributed by atoms with E-state index >= 15 is 0 Å². The number of thiazole rings is 1. The van der Waals surface area contributed by atoms with Crippen molar-refractivity contribution in [3.05, 3.63) is 21.7 Å². The molecule has 0 aliphatic carbocycles. The van der Waals surface area contributed by atoms with Gasteiger partial charge in [-0.05, 0) is 11.3 Å². The minimum absolute atomic E-state index is 0.0341. The normalized spacial score (nSPS) is 11.0. The summed E-state index contributed by atoms with van der Waals surface area (Å²) in [5.74, 6) is 0.302. The fraction of sp³-hybridized carbons (Fsp3) is 0.500. The van der Waals surface area contributed by atoms with Crippen LogP contribution in [0.4, 0.5) is 11.6 Å². The van der Waals surface area contributed by atoms with Crippen LogP contribution in [-0.2, 0) is 0 Å². The molecule has 0 unspecified atom stereocenters. The third-order valence-electron chi connectivity index (χ3n) is 2.56. The van der Waals surface area contributed by atoms with Crippen LogP contribution in [0.3, 0.4) is 0 Å². The zero-order valence-corrected chi connectivity index (χ0v) is 10.8. The average molecular weight is 270 g/mol. The molecule has 0 aliphatic heterocycles. The van der Waals surface area contributed by atoms with Crippen LogP contribution in [-0.4, -0.2) is 39.1 Å². The Morgan fingerprint density at radius 1 is 1.61 bits per heavy atom. The van der Waals surface area contributed by atoms with Gasteiger partial charge in [0.25, 0.3) is 4.96 Å². The maximum atomic E-state index is 11.2. The van der Waals surface area contributed by atoms with Crippen LogP contribution in [0.2, 0.25) is 0 Å². The van der Waals surface area contributed by atoms with Crippen LogP contribution in [0.5, 0.6) is 0 Å². The Kier molecular flexibility index (Phi) is 3.78. The highest BCUT2D eigenvalue weighted by Gasteiger charge is 2.27. The van der Waals surface area contributed by atoms with Gasteiger partial charge in [0.15, 0.2) is 0 Å². The molecule has 0 aromatic carbocycles. The molecular weight excluding hydrogens is 256 g/mol. The predicted octanol–water partition coefficient (Wildman–Crippen LogP) is 1.51. The summed E-state index contributed by atoms with van der Waals surface area (Å²) in [4.78, 5) is 17.4. The molecule has 2 heterocycles. The molecule has 8 heteroatoms. The van der Waals surface area contributed by atoms with Crippen molar-refractivity contribution >= 4 is 27.9 Å². The second kappa shape index (κ2) is 5.32. The summed E-state index contributed by atoms with van der Waals surface area (Å²) in [6, 6.07) is 0. The zero-order chi connectivity index (χ0) is 13.1. The van der Waals surface area contributed by atoms with Crippen LogP contribution < -0.4 is 4.90 Å². The Hall–Kier alpha value is -1.67. The smallest absolute Gasteiger partial charge is 0.373 e. The number of fused-ring (bicyclic) bond motifs is 1. The lowest BCUT2D eigenvalue weighted by atomic mass is 10.4. The zero-order valence-electron chi connectivity index (χ0n) is 9.94. The highest BCUT2D eigenvalue weighted by atomic mass is 32.1. The molecule has 0 atom stereocenters. The van der Waals surface area contributed by atoms with Gasteiger partial charge in [-0.3, -0.25) is 0 Å². The third-order valence-corrected chi connectivity index (χ3v) is 3.31. The lowest BCUT2D eigenvalue weighted by molar-refractivity contribution is -0.389. The molecule has 98 valence electrons. The quantitative estimate of drug-likeness (QED) is 0.635. The van der Waals surface area contributed by atoms with E-state index in [2.05, 4.69) is 4.98 Å². The van der Waals surface area contributed by atoms with E-state index in [9.17, 15) is 10.1 Å². The number of nitro groups is 1. The van der Waals surface area contributed by atoms with Crippen LogP contribution in [0, 0.1) is 10.1 Å². The number of hydrogen-bond donors (Lipinski definition) is 1. The van der Waals surface area contributed by atoms with Crippen molar-refractivity contribution in [2.24, 2.45) is 0 Å². The van der Waals surface area contributed by atoms with Crippen molar-refractivity contribution < 1.29 is 10.0 Å². The molecule has 1 N–H and O–H groups in total. The van der Waals surface area contributed by atoms with E-state index in [4.69, 9.17) is 5.11 Å². The van der Waals surface area contributed by atoms with Gasteiger partial charge in [0.2, 0.25) is 5.82 Å². The molecule has 0 saturated heterocycles. The predicted molar refractivity (Wildman–Crippen MR) is 69.3 cm³/mol. The van der Waals surface area contributed by atoms with E-state index in [-0.39, 0.29) is 12.4 Å². The topological polar surface area (TPSA) is 83.9 Å². The van der Waals surface area contributed by atoms with Gasteiger partial charge in [-0.2, -0.15) is 9.38 Å². The van der Waals surface area contributed by atoms with Crippen LogP contribution in [0.25, 0.3) is 4.96 Å². The van der Waals surface area contributed by atoms with Crippen LogP contribution in [0.15, 0.2) is 11.6 Å². The molecular formula is C10H14N4O3S. The van der Waals surface area contributed by atoms with Crippen molar-refractivity contribution in [2.45, 2.75) is 13.3 Å². The molecule has 18 heavy (non-hydrogen) atoms. The van der Waals surface area contributed by atoms with Crippen LogP contribution in [0.1, 0.15) is 13.3 Å². The first-order valence-electron chi connectivity index (χ1n) is 5.64. The summed E-state index contributed by atoms with van der Waals surface area (Å²) in [6.07, 6.45) is 2.47. The molecule has 0 bridgehead atoms. The Morgan fingerprint density at radius 2 is 2.39 bits per heavy atom. The summed E-state index contributed by atoms with van der Waals surface area (Å²) in [5, 5.41) is 22.0. The minimum Gasteiger partial charge on any atom is -0.395 e. The Bertz CT molecular complexity index is 544. The van der Waals surface area contributed by atoms with Crippen molar-refractivity contribution in [3.8, 4) is 0 Å². The van der Waals surface area contributed by atoms with Gasteiger partial charge in [0.05, 0.1) is 6.61 Å². The first kappa shape index (κ1) is 12.8. The highest BCUT2D eigenvalue weighted by Crippen LogP contribution is 2.30. The molecule has 0 fully saturated rings. The molecule has 0 saturated carbocycles. The first-order chi connectivity index (χ1) is 8.69. The van der Waals surface area contributed by atoms with Gasteiger partial charge in [0, 0.05) is 18.5 Å². The Morgan fingerprint density at radius 3 is 3.00 bits per heavy atom. The van der Waals surface area contributed by atoms with E-state index < -0.39 is 4.92 Å². The average Bonchev–Trinajstić information content (AvgIpc) is 2.87. The third kappa shape index (κ3) is 2.16. The molecule has 0 spiro atoms. The van der Waals surface area contributed by atoms with Crippen molar-refractivity contribution in [1.82, 2.24) is 9.38 Å². The number of imidazole rings is 1. The number of rotatable bonds is 6. The molecule has 0 aliphatic rings. The van der Waals surface area contributed by atoms with Gasteiger partial charge >= 0.3 is 5.82 Å². The van der Waals surface area contributed by atoms with E-state index in [1.54, 1.807) is 16.5 Å². The maximum absolute atomic E-state index is 11.2. The number of aliphatic hydroxyl groups is 1. The fourth-order valence-corrected chi connectivity index (χ4v) is 2.56. The molecule has 0 amide bonds. The lowest BCUT2D eigenvalue weighted by Crippen LogP contribution is -2.28. The second-order valence-electron chi connectivity index (χ2n) is 3.78.